The van der Waals surface area contributed by atoms with E-state index in [2.05, 4.69) is 38.8 Å². The molecular formula is C9H14Br2F2. The molecule has 0 fully saturated rings. The summed E-state index contributed by atoms with van der Waals surface area (Å²) in [6.45, 7) is 2.12. The zero-order valence-electron chi connectivity index (χ0n) is 7.62. The van der Waals surface area contributed by atoms with E-state index in [0.29, 0.717) is 6.42 Å². The lowest BCUT2D eigenvalue weighted by Crippen LogP contribution is -2.03. The van der Waals surface area contributed by atoms with E-state index in [0.717, 1.165) is 12.8 Å². The van der Waals surface area contributed by atoms with Gasteiger partial charge in [-0.2, -0.15) is 8.78 Å². The molecule has 0 amide bonds. The molecule has 0 aliphatic heterocycles. The maximum absolute atomic E-state index is 12.5. The molecule has 13 heavy (non-hydrogen) atoms. The Balaban J connectivity index is 3.60. The molecule has 0 aromatic rings. The average molecular weight is 320 g/mol. The Morgan fingerprint density at radius 2 is 1.92 bits per heavy atom. The van der Waals surface area contributed by atoms with Crippen LogP contribution in [0.5, 0.6) is 0 Å². The molecule has 0 radical (unpaired) electrons. The summed E-state index contributed by atoms with van der Waals surface area (Å²) in [6, 6.07) is 0. The summed E-state index contributed by atoms with van der Waals surface area (Å²) in [6.07, 6.45) is 6.68. The summed E-state index contributed by atoms with van der Waals surface area (Å²) in [7, 11) is 0. The van der Waals surface area contributed by atoms with Crippen molar-refractivity contribution in [2.75, 3.05) is 0 Å². The molecule has 0 aromatic heterocycles. The summed E-state index contributed by atoms with van der Waals surface area (Å²) in [5, 5.41) is 0. The van der Waals surface area contributed by atoms with Crippen molar-refractivity contribution in [1.82, 2.24) is 0 Å². The highest BCUT2D eigenvalue weighted by molar-refractivity contribution is 9.14. The van der Waals surface area contributed by atoms with Crippen LogP contribution in [0.3, 0.4) is 0 Å². The number of hydrogen-bond donors (Lipinski definition) is 0. The molecule has 0 atom stereocenters. The lowest BCUT2D eigenvalue weighted by atomic mass is 10.1. The molecule has 0 unspecified atom stereocenters. The molecule has 0 nitrogen and oxygen atoms in total. The van der Waals surface area contributed by atoms with Gasteiger partial charge in [0.15, 0.2) is 0 Å². The van der Waals surface area contributed by atoms with Gasteiger partial charge < -0.3 is 0 Å². The first-order chi connectivity index (χ1) is 5.98. The highest BCUT2D eigenvalue weighted by Gasteiger charge is 2.27. The van der Waals surface area contributed by atoms with Crippen LogP contribution in [0.2, 0.25) is 0 Å². The van der Waals surface area contributed by atoms with E-state index >= 15 is 0 Å². The van der Waals surface area contributed by atoms with Crippen LogP contribution in [0.25, 0.3) is 0 Å². The molecule has 0 heterocycles. The maximum Gasteiger partial charge on any atom is 0.332 e. The molecule has 0 rings (SSSR count). The first kappa shape index (κ1) is 13.6. The van der Waals surface area contributed by atoms with Gasteiger partial charge in [-0.25, -0.2) is 0 Å². The van der Waals surface area contributed by atoms with E-state index in [1.165, 1.54) is 18.9 Å². The van der Waals surface area contributed by atoms with E-state index in [-0.39, 0.29) is 4.48 Å². The molecule has 4 heteroatoms. The second-order valence-electron chi connectivity index (χ2n) is 2.90. The first-order valence-corrected chi connectivity index (χ1v) is 6.00. The van der Waals surface area contributed by atoms with E-state index in [9.17, 15) is 8.78 Å². The number of alkyl halides is 3. The van der Waals surface area contributed by atoms with Crippen LogP contribution < -0.4 is 0 Å². The van der Waals surface area contributed by atoms with Gasteiger partial charge in [-0.3, -0.25) is 0 Å². The van der Waals surface area contributed by atoms with Gasteiger partial charge in [-0.05, 0) is 44.7 Å². The van der Waals surface area contributed by atoms with Crippen molar-refractivity contribution in [2.24, 2.45) is 0 Å². The minimum atomic E-state index is -2.91. The van der Waals surface area contributed by atoms with E-state index < -0.39 is 4.83 Å². The standard InChI is InChI=1S/C9H14Br2F2/c1-2-3-4-5-6-7-8(10)9(11,12)13/h7H,2-6H2,1H3. The van der Waals surface area contributed by atoms with Crippen molar-refractivity contribution in [3.63, 3.8) is 0 Å². The van der Waals surface area contributed by atoms with Gasteiger partial charge in [-0.15, -0.1) is 0 Å². The predicted molar refractivity (Wildman–Crippen MR) is 59.6 cm³/mol. The van der Waals surface area contributed by atoms with E-state index in [1.54, 1.807) is 0 Å². The average Bonchev–Trinajstić information content (AvgIpc) is 2.02. The molecule has 0 aromatic carbocycles. The Labute approximate surface area is 95.0 Å². The normalized spacial score (nSPS) is 13.5. The van der Waals surface area contributed by atoms with Crippen molar-refractivity contribution in [3.05, 3.63) is 10.6 Å². The highest BCUT2D eigenvalue weighted by Crippen LogP contribution is 2.35. The van der Waals surface area contributed by atoms with E-state index in [1.807, 2.05) is 0 Å². The molecule has 0 N–H and O–H groups in total. The minimum absolute atomic E-state index is 0.0727. The monoisotopic (exact) mass is 318 g/mol. The largest absolute Gasteiger partial charge is 0.332 e. The van der Waals surface area contributed by atoms with Crippen LogP contribution in [0.1, 0.15) is 39.0 Å². The predicted octanol–water partition coefficient (Wildman–Crippen LogP) is 5.22. The molecule has 0 bridgehead atoms. The molecular weight excluding hydrogens is 306 g/mol. The van der Waals surface area contributed by atoms with Crippen molar-refractivity contribution < 1.29 is 8.78 Å². The van der Waals surface area contributed by atoms with Crippen molar-refractivity contribution in [3.8, 4) is 0 Å². The van der Waals surface area contributed by atoms with Crippen LogP contribution in [0.15, 0.2) is 10.6 Å². The van der Waals surface area contributed by atoms with Gasteiger partial charge in [0, 0.05) is 0 Å². The van der Waals surface area contributed by atoms with Crippen LogP contribution in [0.4, 0.5) is 8.78 Å². The van der Waals surface area contributed by atoms with Crippen LogP contribution in [-0.4, -0.2) is 4.83 Å². The van der Waals surface area contributed by atoms with Crippen LogP contribution >= 0.6 is 31.9 Å². The SMILES string of the molecule is CCCCCCC=C(Br)C(F)(F)Br. The third-order valence-electron chi connectivity index (χ3n) is 1.65. The number of unbranched alkanes of at least 4 members (excludes halogenated alkanes) is 4. The number of halogens is 4. The lowest BCUT2D eigenvalue weighted by molar-refractivity contribution is 0.167. The third kappa shape index (κ3) is 7.62. The van der Waals surface area contributed by atoms with Gasteiger partial charge in [0.25, 0.3) is 0 Å². The molecule has 0 saturated heterocycles. The Kier molecular flexibility index (Phi) is 7.23. The number of allylic oxidation sites excluding steroid dienone is 2. The molecule has 0 saturated carbocycles. The summed E-state index contributed by atoms with van der Waals surface area (Å²) in [5.74, 6) is 0. The van der Waals surface area contributed by atoms with Gasteiger partial charge >= 0.3 is 4.83 Å². The summed E-state index contributed by atoms with van der Waals surface area (Å²) in [4.78, 5) is -2.91. The van der Waals surface area contributed by atoms with Crippen molar-refractivity contribution in [2.45, 2.75) is 43.9 Å². The number of hydrogen-bond acceptors (Lipinski definition) is 0. The van der Waals surface area contributed by atoms with Crippen molar-refractivity contribution >= 4 is 31.9 Å². The molecule has 0 aliphatic carbocycles. The Hall–Kier alpha value is 0.560. The Morgan fingerprint density at radius 1 is 1.31 bits per heavy atom. The Bertz CT molecular complexity index is 161. The third-order valence-corrected chi connectivity index (χ3v) is 3.43. The van der Waals surface area contributed by atoms with Gasteiger partial charge in [0.05, 0.1) is 4.48 Å². The highest BCUT2D eigenvalue weighted by atomic mass is 79.9. The summed E-state index contributed by atoms with van der Waals surface area (Å²) < 4.78 is 24.9. The topological polar surface area (TPSA) is 0 Å². The molecule has 0 spiro atoms. The fourth-order valence-electron chi connectivity index (χ4n) is 0.916. The minimum Gasteiger partial charge on any atom is -0.188 e. The first-order valence-electron chi connectivity index (χ1n) is 4.41. The van der Waals surface area contributed by atoms with Gasteiger partial charge in [0.2, 0.25) is 0 Å². The zero-order chi connectivity index (χ0) is 10.3. The Morgan fingerprint density at radius 3 is 2.38 bits per heavy atom. The van der Waals surface area contributed by atoms with Gasteiger partial charge in [-0.1, -0.05) is 32.3 Å². The van der Waals surface area contributed by atoms with E-state index in [4.69, 9.17) is 0 Å². The summed E-state index contributed by atoms with van der Waals surface area (Å²) in [5.41, 5.74) is 0. The second kappa shape index (κ2) is 6.93. The fourth-order valence-corrected chi connectivity index (χ4v) is 1.31. The lowest BCUT2D eigenvalue weighted by Gasteiger charge is -2.06. The summed E-state index contributed by atoms with van der Waals surface area (Å²) >= 11 is 5.11. The number of rotatable bonds is 6. The zero-order valence-corrected chi connectivity index (χ0v) is 10.8. The molecule has 0 aliphatic rings. The van der Waals surface area contributed by atoms with Gasteiger partial charge in [0.1, 0.15) is 0 Å². The molecule has 78 valence electrons. The smallest absolute Gasteiger partial charge is 0.188 e. The quantitative estimate of drug-likeness (QED) is 0.465. The van der Waals surface area contributed by atoms with Crippen molar-refractivity contribution in [1.29, 1.82) is 0 Å². The maximum atomic E-state index is 12.5. The van der Waals surface area contributed by atoms with Crippen LogP contribution in [-0.2, 0) is 0 Å². The second-order valence-corrected chi connectivity index (χ2v) is 4.75. The van der Waals surface area contributed by atoms with Crippen LogP contribution in [0, 0.1) is 0 Å². The fraction of sp³-hybridized carbons (Fsp3) is 0.778.